The van der Waals surface area contributed by atoms with Gasteiger partial charge in [0.25, 0.3) is 0 Å². The van der Waals surface area contributed by atoms with Gasteiger partial charge < -0.3 is 29.4 Å². The minimum absolute atomic E-state index is 0.0825. The van der Waals surface area contributed by atoms with Crippen molar-refractivity contribution in [3.05, 3.63) is 48.0 Å². The van der Waals surface area contributed by atoms with E-state index in [1.807, 2.05) is 42.5 Å². The van der Waals surface area contributed by atoms with Gasteiger partial charge in [-0.25, -0.2) is 0 Å². The van der Waals surface area contributed by atoms with E-state index in [0.29, 0.717) is 38.7 Å². The van der Waals surface area contributed by atoms with Gasteiger partial charge >= 0.3 is 0 Å². The maximum absolute atomic E-state index is 10.4. The van der Waals surface area contributed by atoms with Gasteiger partial charge in [0.1, 0.15) is 12.7 Å². The lowest BCUT2D eigenvalue weighted by Gasteiger charge is -2.27. The SMILES string of the molecule is OC(CNCC1COc2ccccc2O1)c1ccc2c(c1)OCCCO2. The first-order chi connectivity index (χ1) is 12.8. The lowest BCUT2D eigenvalue weighted by molar-refractivity contribution is 0.0858. The van der Waals surface area contributed by atoms with E-state index in [1.54, 1.807) is 0 Å². The second kappa shape index (κ2) is 7.85. The van der Waals surface area contributed by atoms with Gasteiger partial charge in [0.05, 0.1) is 19.3 Å². The van der Waals surface area contributed by atoms with Crippen LogP contribution in [0, 0.1) is 0 Å². The third-order valence-corrected chi connectivity index (χ3v) is 4.43. The third-order valence-electron chi connectivity index (χ3n) is 4.43. The maximum atomic E-state index is 10.4. The Morgan fingerprint density at radius 3 is 2.62 bits per heavy atom. The zero-order valence-corrected chi connectivity index (χ0v) is 14.5. The number of aliphatic hydroxyl groups excluding tert-OH is 1. The summed E-state index contributed by atoms with van der Waals surface area (Å²) in [5, 5.41) is 13.7. The van der Waals surface area contributed by atoms with E-state index in [0.717, 1.165) is 29.2 Å². The van der Waals surface area contributed by atoms with Crippen LogP contribution in [0.4, 0.5) is 0 Å². The summed E-state index contributed by atoms with van der Waals surface area (Å²) in [5.41, 5.74) is 0.799. The molecule has 0 bridgehead atoms. The minimum atomic E-state index is -0.635. The number of benzene rings is 2. The Morgan fingerprint density at radius 1 is 0.962 bits per heavy atom. The number of hydrogen-bond donors (Lipinski definition) is 2. The monoisotopic (exact) mass is 357 g/mol. The maximum Gasteiger partial charge on any atom is 0.161 e. The van der Waals surface area contributed by atoms with Crippen LogP contribution in [0.1, 0.15) is 18.1 Å². The molecule has 138 valence electrons. The molecule has 2 unspecified atom stereocenters. The lowest BCUT2D eigenvalue weighted by Crippen LogP contribution is -2.39. The van der Waals surface area contributed by atoms with Crippen LogP contribution in [0.3, 0.4) is 0 Å². The van der Waals surface area contributed by atoms with Crippen LogP contribution < -0.4 is 24.3 Å². The van der Waals surface area contributed by atoms with Crippen molar-refractivity contribution in [2.24, 2.45) is 0 Å². The van der Waals surface area contributed by atoms with Crippen LogP contribution in [0.25, 0.3) is 0 Å². The first-order valence-corrected chi connectivity index (χ1v) is 8.96. The van der Waals surface area contributed by atoms with Gasteiger partial charge in [0, 0.05) is 19.5 Å². The topological polar surface area (TPSA) is 69.2 Å². The van der Waals surface area contributed by atoms with Crippen molar-refractivity contribution < 1.29 is 24.1 Å². The second-order valence-electron chi connectivity index (χ2n) is 6.43. The molecule has 0 radical (unpaired) electrons. The molecule has 0 saturated carbocycles. The van der Waals surface area contributed by atoms with Crippen molar-refractivity contribution >= 4 is 0 Å². The zero-order chi connectivity index (χ0) is 17.8. The van der Waals surface area contributed by atoms with Crippen molar-refractivity contribution in [3.63, 3.8) is 0 Å². The fourth-order valence-corrected chi connectivity index (χ4v) is 3.05. The summed E-state index contributed by atoms with van der Waals surface area (Å²) in [4.78, 5) is 0. The van der Waals surface area contributed by atoms with Crippen LogP contribution in [-0.2, 0) is 0 Å². The molecule has 0 spiro atoms. The van der Waals surface area contributed by atoms with Gasteiger partial charge in [0.2, 0.25) is 0 Å². The van der Waals surface area contributed by atoms with E-state index >= 15 is 0 Å². The molecule has 6 nitrogen and oxygen atoms in total. The molecule has 4 rings (SSSR count). The third kappa shape index (κ3) is 3.86. The predicted molar refractivity (Wildman–Crippen MR) is 96.2 cm³/mol. The molecule has 2 aromatic carbocycles. The van der Waals surface area contributed by atoms with E-state index in [1.165, 1.54) is 0 Å². The van der Waals surface area contributed by atoms with Gasteiger partial charge in [-0.2, -0.15) is 0 Å². The van der Waals surface area contributed by atoms with Crippen LogP contribution in [-0.4, -0.2) is 44.1 Å². The van der Waals surface area contributed by atoms with E-state index < -0.39 is 6.10 Å². The van der Waals surface area contributed by atoms with Gasteiger partial charge in [-0.15, -0.1) is 0 Å². The van der Waals surface area contributed by atoms with E-state index in [2.05, 4.69) is 5.32 Å². The normalized spacial score (nSPS) is 19.5. The Labute approximate surface area is 152 Å². The first kappa shape index (κ1) is 17.0. The number of nitrogens with one attached hydrogen (secondary N) is 1. The number of ether oxygens (including phenoxy) is 4. The summed E-state index contributed by atoms with van der Waals surface area (Å²) in [6.07, 6.45) is 0.144. The summed E-state index contributed by atoms with van der Waals surface area (Å²) in [7, 11) is 0. The average molecular weight is 357 g/mol. The van der Waals surface area contributed by atoms with Crippen molar-refractivity contribution in [2.45, 2.75) is 18.6 Å². The number of hydrogen-bond acceptors (Lipinski definition) is 6. The molecule has 2 atom stereocenters. The van der Waals surface area contributed by atoms with E-state index in [4.69, 9.17) is 18.9 Å². The standard InChI is InChI=1S/C20H23NO5/c22-16(14-6-7-18-20(10-14)24-9-3-8-23-18)12-21-11-15-13-25-17-4-1-2-5-19(17)26-15/h1-2,4-7,10,15-16,21-22H,3,8-9,11-13H2. The highest BCUT2D eigenvalue weighted by Crippen LogP contribution is 2.32. The van der Waals surface area contributed by atoms with Crippen molar-refractivity contribution in [1.82, 2.24) is 5.32 Å². The highest BCUT2D eigenvalue weighted by Gasteiger charge is 2.21. The van der Waals surface area contributed by atoms with Crippen LogP contribution in [0.15, 0.2) is 42.5 Å². The fourth-order valence-electron chi connectivity index (χ4n) is 3.05. The number of rotatable bonds is 5. The van der Waals surface area contributed by atoms with Crippen molar-refractivity contribution in [1.29, 1.82) is 0 Å². The highest BCUT2D eigenvalue weighted by atomic mass is 16.6. The Bertz CT molecular complexity index is 751. The summed E-state index contributed by atoms with van der Waals surface area (Å²) in [6.45, 7) is 2.79. The quantitative estimate of drug-likeness (QED) is 0.856. The molecular formula is C20H23NO5. The van der Waals surface area contributed by atoms with Crippen LogP contribution >= 0.6 is 0 Å². The molecule has 0 amide bonds. The Hall–Kier alpha value is -2.44. The predicted octanol–water partition coefficient (Wildman–Crippen LogP) is 2.31. The largest absolute Gasteiger partial charge is 0.490 e. The fraction of sp³-hybridized carbons (Fsp3) is 0.400. The molecular weight excluding hydrogens is 334 g/mol. The summed E-state index contributed by atoms with van der Waals surface area (Å²) in [5.74, 6) is 2.96. The molecule has 2 aliphatic heterocycles. The van der Waals surface area contributed by atoms with Crippen LogP contribution in [0.2, 0.25) is 0 Å². The number of para-hydroxylation sites is 2. The molecule has 6 heteroatoms. The summed E-state index contributed by atoms with van der Waals surface area (Å²) < 4.78 is 22.9. The molecule has 2 aliphatic rings. The molecule has 0 fully saturated rings. The second-order valence-corrected chi connectivity index (χ2v) is 6.43. The molecule has 2 N–H and O–H groups in total. The molecule has 2 heterocycles. The van der Waals surface area contributed by atoms with Gasteiger partial charge in [0.15, 0.2) is 23.0 Å². The highest BCUT2D eigenvalue weighted by molar-refractivity contribution is 5.44. The number of aliphatic hydroxyl groups is 1. The van der Waals surface area contributed by atoms with E-state index in [9.17, 15) is 5.11 Å². The first-order valence-electron chi connectivity index (χ1n) is 8.96. The van der Waals surface area contributed by atoms with Crippen molar-refractivity contribution in [2.75, 3.05) is 32.9 Å². The average Bonchev–Trinajstić information content (AvgIpc) is 2.92. The molecule has 0 saturated heterocycles. The molecule has 2 aromatic rings. The lowest BCUT2D eigenvalue weighted by atomic mass is 10.1. The van der Waals surface area contributed by atoms with Gasteiger partial charge in [-0.05, 0) is 29.8 Å². The van der Waals surface area contributed by atoms with Gasteiger partial charge in [-0.1, -0.05) is 18.2 Å². The Kier molecular flexibility index (Phi) is 5.13. The molecule has 0 aliphatic carbocycles. The Balaban J connectivity index is 1.29. The Morgan fingerprint density at radius 2 is 1.73 bits per heavy atom. The van der Waals surface area contributed by atoms with E-state index in [-0.39, 0.29) is 6.10 Å². The molecule has 26 heavy (non-hydrogen) atoms. The van der Waals surface area contributed by atoms with Gasteiger partial charge in [-0.3, -0.25) is 0 Å². The van der Waals surface area contributed by atoms with Crippen LogP contribution in [0.5, 0.6) is 23.0 Å². The molecule has 0 aromatic heterocycles. The number of fused-ring (bicyclic) bond motifs is 2. The summed E-state index contributed by atoms with van der Waals surface area (Å²) in [6, 6.07) is 13.2. The minimum Gasteiger partial charge on any atom is -0.490 e. The van der Waals surface area contributed by atoms with Crippen molar-refractivity contribution in [3.8, 4) is 23.0 Å². The smallest absolute Gasteiger partial charge is 0.161 e. The summed E-state index contributed by atoms with van der Waals surface area (Å²) >= 11 is 0. The zero-order valence-electron chi connectivity index (χ0n) is 14.5.